The molecule has 5 rings (SSSR count). The van der Waals surface area contributed by atoms with E-state index in [2.05, 4.69) is 26.1 Å². The Morgan fingerprint density at radius 3 is 2.56 bits per heavy atom. The van der Waals surface area contributed by atoms with Gasteiger partial charge >= 0.3 is 0 Å². The smallest absolute Gasteiger partial charge is 0.139 e. The highest BCUT2D eigenvalue weighted by molar-refractivity contribution is 9.10. The van der Waals surface area contributed by atoms with E-state index in [1.807, 2.05) is 60.7 Å². The van der Waals surface area contributed by atoms with E-state index in [1.54, 1.807) is 0 Å². The molecule has 5 heteroatoms. The first-order chi connectivity index (χ1) is 12.3. The van der Waals surface area contributed by atoms with Crippen LogP contribution in [0.15, 0.2) is 70.3 Å². The van der Waals surface area contributed by atoms with Gasteiger partial charge in [0.25, 0.3) is 0 Å². The number of nitrogens with zero attached hydrogens (tertiary/aromatic N) is 2. The van der Waals surface area contributed by atoms with E-state index in [9.17, 15) is 5.21 Å². The Hall–Kier alpha value is -2.92. The number of hydrogen-bond donors (Lipinski definition) is 2. The zero-order valence-corrected chi connectivity index (χ0v) is 14.6. The van der Waals surface area contributed by atoms with Gasteiger partial charge in [0.2, 0.25) is 0 Å². The van der Waals surface area contributed by atoms with Crippen molar-refractivity contribution in [3.63, 3.8) is 0 Å². The predicted molar refractivity (Wildman–Crippen MR) is 102 cm³/mol. The maximum Gasteiger partial charge on any atom is 0.139 e. The Balaban J connectivity index is 1.83. The molecule has 1 aliphatic rings. The molecule has 3 aromatic carbocycles. The van der Waals surface area contributed by atoms with Crippen LogP contribution in [0.1, 0.15) is 11.1 Å². The summed E-state index contributed by atoms with van der Waals surface area (Å²) in [7, 11) is 0. The first-order valence-corrected chi connectivity index (χ1v) is 8.66. The second-order valence-corrected chi connectivity index (χ2v) is 6.88. The summed E-state index contributed by atoms with van der Waals surface area (Å²) >= 11 is 3.50. The van der Waals surface area contributed by atoms with Gasteiger partial charge in [-0.1, -0.05) is 57.5 Å². The number of imidazole rings is 1. The highest BCUT2D eigenvalue weighted by Crippen LogP contribution is 2.43. The van der Waals surface area contributed by atoms with Crippen LogP contribution < -0.4 is 0 Å². The van der Waals surface area contributed by atoms with Crippen LogP contribution >= 0.6 is 15.9 Å². The van der Waals surface area contributed by atoms with E-state index in [1.165, 1.54) is 0 Å². The Morgan fingerprint density at radius 2 is 1.72 bits per heavy atom. The van der Waals surface area contributed by atoms with Crippen LogP contribution in [0.25, 0.3) is 33.5 Å². The molecule has 1 heterocycles. The van der Waals surface area contributed by atoms with Crippen LogP contribution in [0.5, 0.6) is 0 Å². The molecule has 0 aliphatic heterocycles. The van der Waals surface area contributed by atoms with E-state index >= 15 is 0 Å². The minimum atomic E-state index is 0.587. The number of aromatic nitrogens is 2. The number of oxime groups is 1. The van der Waals surface area contributed by atoms with Gasteiger partial charge in [-0.15, -0.1) is 0 Å². The van der Waals surface area contributed by atoms with Crippen LogP contribution in [0.3, 0.4) is 0 Å². The lowest BCUT2D eigenvalue weighted by Crippen LogP contribution is -1.97. The van der Waals surface area contributed by atoms with Crippen LogP contribution in [0.2, 0.25) is 0 Å². The predicted octanol–water partition coefficient (Wildman–Crippen LogP) is 5.20. The molecule has 0 amide bonds. The molecular formula is C20H12BrN3O. The summed E-state index contributed by atoms with van der Waals surface area (Å²) < 4.78 is 0.950. The monoisotopic (exact) mass is 389 g/mol. The number of H-pyrrole nitrogens is 1. The van der Waals surface area contributed by atoms with Gasteiger partial charge in [0.15, 0.2) is 0 Å². The van der Waals surface area contributed by atoms with E-state index in [4.69, 9.17) is 4.98 Å². The van der Waals surface area contributed by atoms with Gasteiger partial charge in [-0.25, -0.2) is 4.98 Å². The maximum absolute atomic E-state index is 9.58. The zero-order chi connectivity index (χ0) is 17.0. The van der Waals surface area contributed by atoms with Crippen molar-refractivity contribution in [2.24, 2.45) is 5.16 Å². The molecule has 1 aromatic heterocycles. The first kappa shape index (κ1) is 14.4. The molecule has 4 nitrogen and oxygen atoms in total. The van der Waals surface area contributed by atoms with Crippen molar-refractivity contribution in [3.8, 4) is 22.5 Å². The summed E-state index contributed by atoms with van der Waals surface area (Å²) in [6.07, 6.45) is 0. The molecule has 0 saturated carbocycles. The van der Waals surface area contributed by atoms with Gasteiger partial charge < -0.3 is 10.2 Å². The Kier molecular flexibility index (Phi) is 3.05. The van der Waals surface area contributed by atoms with Crippen molar-refractivity contribution in [1.82, 2.24) is 9.97 Å². The van der Waals surface area contributed by atoms with Gasteiger partial charge in [-0.05, 0) is 29.8 Å². The molecule has 0 saturated heterocycles. The topological polar surface area (TPSA) is 61.3 Å². The summed E-state index contributed by atoms with van der Waals surface area (Å²) in [5.74, 6) is 0.811. The Labute approximate surface area is 152 Å². The quantitative estimate of drug-likeness (QED) is 0.305. The van der Waals surface area contributed by atoms with Gasteiger partial charge in [-0.2, -0.15) is 0 Å². The SMILES string of the molecule is ON=C1c2cc(Br)ccc2-c2c1cccc2-c1nc2ccccc2[nH]1. The number of rotatable bonds is 1. The second-order valence-electron chi connectivity index (χ2n) is 5.97. The van der Waals surface area contributed by atoms with Gasteiger partial charge in [0, 0.05) is 26.7 Å². The molecule has 4 aromatic rings. The fraction of sp³-hybridized carbons (Fsp3) is 0. The average molecular weight is 390 g/mol. The number of halogens is 1. The average Bonchev–Trinajstić information content (AvgIpc) is 3.19. The molecule has 1 aliphatic carbocycles. The molecule has 120 valence electrons. The molecule has 0 unspecified atom stereocenters. The molecule has 25 heavy (non-hydrogen) atoms. The third kappa shape index (κ3) is 2.06. The fourth-order valence-electron chi connectivity index (χ4n) is 3.50. The van der Waals surface area contributed by atoms with Crippen molar-refractivity contribution < 1.29 is 5.21 Å². The standard InChI is InChI=1S/C20H12BrN3O/c21-11-8-9-12-15(10-11)19(24-25)13-4-3-5-14(18(12)13)20-22-16-6-1-2-7-17(16)23-20/h1-10,25H,(H,22,23). The minimum Gasteiger partial charge on any atom is -0.410 e. The fourth-order valence-corrected chi connectivity index (χ4v) is 3.86. The van der Waals surface area contributed by atoms with Crippen molar-refractivity contribution in [2.75, 3.05) is 0 Å². The summed E-state index contributed by atoms with van der Waals surface area (Å²) in [4.78, 5) is 8.13. The Morgan fingerprint density at radius 1 is 0.880 bits per heavy atom. The normalized spacial score (nSPS) is 14.0. The lowest BCUT2D eigenvalue weighted by atomic mass is 9.99. The lowest BCUT2D eigenvalue weighted by Gasteiger charge is -2.07. The third-order valence-electron chi connectivity index (χ3n) is 4.57. The molecule has 0 radical (unpaired) electrons. The van der Waals surface area contributed by atoms with E-state index in [-0.39, 0.29) is 0 Å². The first-order valence-electron chi connectivity index (χ1n) is 7.87. The Bertz CT molecular complexity index is 1140. The van der Waals surface area contributed by atoms with Crippen LogP contribution in [-0.4, -0.2) is 20.9 Å². The van der Waals surface area contributed by atoms with Gasteiger partial charge in [0.1, 0.15) is 11.5 Å². The van der Waals surface area contributed by atoms with Gasteiger partial charge in [-0.3, -0.25) is 0 Å². The molecular weight excluding hydrogens is 378 g/mol. The van der Waals surface area contributed by atoms with Crippen molar-refractivity contribution in [2.45, 2.75) is 0 Å². The van der Waals surface area contributed by atoms with E-state index in [0.717, 1.165) is 49.1 Å². The molecule has 0 bridgehead atoms. The number of para-hydroxylation sites is 2. The second kappa shape index (κ2) is 5.29. The summed E-state index contributed by atoms with van der Waals surface area (Å²) in [6.45, 7) is 0. The number of benzene rings is 3. The highest BCUT2D eigenvalue weighted by atomic mass is 79.9. The molecule has 0 spiro atoms. The number of hydrogen-bond acceptors (Lipinski definition) is 3. The number of fused-ring (bicyclic) bond motifs is 4. The van der Waals surface area contributed by atoms with Crippen molar-refractivity contribution in [3.05, 3.63) is 76.3 Å². The number of aromatic amines is 1. The zero-order valence-electron chi connectivity index (χ0n) is 13.0. The minimum absolute atomic E-state index is 0.587. The molecule has 2 N–H and O–H groups in total. The number of nitrogens with one attached hydrogen (secondary N) is 1. The largest absolute Gasteiger partial charge is 0.410 e. The van der Waals surface area contributed by atoms with Crippen molar-refractivity contribution >= 4 is 32.7 Å². The highest BCUT2D eigenvalue weighted by Gasteiger charge is 2.29. The van der Waals surface area contributed by atoms with Crippen LogP contribution in [-0.2, 0) is 0 Å². The lowest BCUT2D eigenvalue weighted by molar-refractivity contribution is 0.320. The molecule has 0 fully saturated rings. The summed E-state index contributed by atoms with van der Waals surface area (Å²) in [6, 6.07) is 20.0. The molecule has 0 atom stereocenters. The summed E-state index contributed by atoms with van der Waals surface area (Å²) in [5, 5.41) is 13.1. The summed E-state index contributed by atoms with van der Waals surface area (Å²) in [5.41, 5.74) is 7.42. The van der Waals surface area contributed by atoms with E-state index < -0.39 is 0 Å². The third-order valence-corrected chi connectivity index (χ3v) is 5.06. The van der Waals surface area contributed by atoms with E-state index in [0.29, 0.717) is 5.71 Å². The van der Waals surface area contributed by atoms with Crippen LogP contribution in [0.4, 0.5) is 0 Å². The van der Waals surface area contributed by atoms with Gasteiger partial charge in [0.05, 0.1) is 11.0 Å². The van der Waals surface area contributed by atoms with Crippen molar-refractivity contribution in [1.29, 1.82) is 0 Å². The maximum atomic E-state index is 9.58. The van der Waals surface area contributed by atoms with Crippen LogP contribution in [0, 0.1) is 0 Å².